The van der Waals surface area contributed by atoms with Gasteiger partial charge in [-0.1, -0.05) is 11.6 Å². The Kier molecular flexibility index (Phi) is 1.47. The standard InChI is InChI=1S/C10H10NO/c1-8-4-5-10-9(7-8)3-2-6-11(10)12/h2-7,12H,1H3/q+1. The van der Waals surface area contributed by atoms with Crippen LogP contribution in [0.5, 0.6) is 0 Å². The van der Waals surface area contributed by atoms with Crippen LogP contribution in [0.25, 0.3) is 10.9 Å². The Morgan fingerprint density at radius 2 is 2.08 bits per heavy atom. The summed E-state index contributed by atoms with van der Waals surface area (Å²) in [5, 5.41) is 10.4. The molecule has 0 aliphatic carbocycles. The molecule has 0 unspecified atom stereocenters. The van der Waals surface area contributed by atoms with Gasteiger partial charge in [-0.15, -0.1) is 0 Å². The Balaban J connectivity index is 2.86. The van der Waals surface area contributed by atoms with Gasteiger partial charge in [0.05, 0.1) is 5.39 Å². The van der Waals surface area contributed by atoms with Crippen LogP contribution in [0.2, 0.25) is 0 Å². The fourth-order valence-corrected chi connectivity index (χ4v) is 1.32. The molecule has 2 nitrogen and oxygen atoms in total. The van der Waals surface area contributed by atoms with E-state index in [0.29, 0.717) is 0 Å². The van der Waals surface area contributed by atoms with Gasteiger partial charge in [0.15, 0.2) is 0 Å². The molecule has 1 aromatic carbocycles. The Morgan fingerprint density at radius 1 is 1.25 bits per heavy atom. The second kappa shape index (κ2) is 2.48. The first-order valence-electron chi connectivity index (χ1n) is 3.88. The van der Waals surface area contributed by atoms with E-state index >= 15 is 0 Å². The van der Waals surface area contributed by atoms with Gasteiger partial charge in [0.1, 0.15) is 0 Å². The third kappa shape index (κ3) is 1.01. The van der Waals surface area contributed by atoms with Crippen LogP contribution in [0.1, 0.15) is 5.56 Å². The van der Waals surface area contributed by atoms with Crippen LogP contribution in [-0.2, 0) is 0 Å². The summed E-state index contributed by atoms with van der Waals surface area (Å²) >= 11 is 0. The topological polar surface area (TPSA) is 24.1 Å². The Bertz CT molecular complexity index is 423. The minimum absolute atomic E-state index is 0.836. The van der Waals surface area contributed by atoms with Gasteiger partial charge < -0.3 is 0 Å². The van der Waals surface area contributed by atoms with E-state index in [1.54, 1.807) is 6.20 Å². The molecule has 12 heavy (non-hydrogen) atoms. The summed E-state index contributed by atoms with van der Waals surface area (Å²) in [6.07, 6.45) is 1.62. The van der Waals surface area contributed by atoms with Gasteiger partial charge in [0.2, 0.25) is 6.20 Å². The molecule has 60 valence electrons. The van der Waals surface area contributed by atoms with Gasteiger partial charge in [-0.2, -0.15) is 0 Å². The first-order chi connectivity index (χ1) is 5.77. The summed E-state index contributed by atoms with van der Waals surface area (Å²) < 4.78 is 1.13. The number of fused-ring (bicyclic) bond motifs is 1. The third-order valence-electron chi connectivity index (χ3n) is 1.93. The summed E-state index contributed by atoms with van der Waals surface area (Å²) in [7, 11) is 0. The van der Waals surface area contributed by atoms with Crippen molar-refractivity contribution in [3.63, 3.8) is 0 Å². The molecule has 1 N–H and O–H groups in total. The molecule has 0 saturated heterocycles. The van der Waals surface area contributed by atoms with Gasteiger partial charge >= 0.3 is 0 Å². The maximum Gasteiger partial charge on any atom is 0.264 e. The summed E-state index contributed by atoms with van der Waals surface area (Å²) in [6, 6.07) is 9.73. The van der Waals surface area contributed by atoms with E-state index in [-0.39, 0.29) is 0 Å². The van der Waals surface area contributed by atoms with Crippen molar-refractivity contribution in [2.45, 2.75) is 6.92 Å². The molecule has 0 atom stereocenters. The summed E-state index contributed by atoms with van der Waals surface area (Å²) in [6.45, 7) is 2.04. The van der Waals surface area contributed by atoms with Crippen LogP contribution in [0, 0.1) is 6.92 Å². The van der Waals surface area contributed by atoms with E-state index in [2.05, 4.69) is 0 Å². The Hall–Kier alpha value is -1.57. The van der Waals surface area contributed by atoms with Gasteiger partial charge in [0, 0.05) is 16.9 Å². The monoisotopic (exact) mass is 160 g/mol. The molecule has 0 radical (unpaired) electrons. The fourth-order valence-electron chi connectivity index (χ4n) is 1.32. The third-order valence-corrected chi connectivity index (χ3v) is 1.93. The number of hydrogen-bond donors (Lipinski definition) is 1. The van der Waals surface area contributed by atoms with E-state index in [0.717, 1.165) is 15.6 Å². The quantitative estimate of drug-likeness (QED) is 0.460. The van der Waals surface area contributed by atoms with Crippen molar-refractivity contribution in [3.05, 3.63) is 42.1 Å². The largest absolute Gasteiger partial charge is 0.285 e. The molecule has 1 heterocycles. The molecule has 0 fully saturated rings. The molecule has 0 amide bonds. The minimum Gasteiger partial charge on any atom is -0.285 e. The zero-order valence-electron chi connectivity index (χ0n) is 6.86. The van der Waals surface area contributed by atoms with Crippen LogP contribution >= 0.6 is 0 Å². The summed E-state index contributed by atoms with van der Waals surface area (Å²) in [5.41, 5.74) is 2.04. The number of aryl methyl sites for hydroxylation is 1. The first-order valence-corrected chi connectivity index (χ1v) is 3.88. The van der Waals surface area contributed by atoms with Crippen LogP contribution in [-0.4, -0.2) is 5.21 Å². The van der Waals surface area contributed by atoms with Gasteiger partial charge in [0.25, 0.3) is 5.52 Å². The smallest absolute Gasteiger partial charge is 0.264 e. The lowest BCUT2D eigenvalue weighted by atomic mass is 10.1. The highest BCUT2D eigenvalue weighted by atomic mass is 16.5. The van der Waals surface area contributed by atoms with Crippen LogP contribution in [0.4, 0.5) is 0 Å². The highest BCUT2D eigenvalue weighted by molar-refractivity contribution is 5.75. The van der Waals surface area contributed by atoms with Crippen molar-refractivity contribution < 1.29 is 9.94 Å². The SMILES string of the molecule is Cc1ccc2c(ccc[n+]2O)c1. The van der Waals surface area contributed by atoms with Crippen molar-refractivity contribution in [2.75, 3.05) is 0 Å². The summed E-state index contributed by atoms with van der Waals surface area (Å²) in [5.74, 6) is 0. The molecule has 2 heteroatoms. The van der Waals surface area contributed by atoms with E-state index in [1.807, 2.05) is 37.3 Å². The Labute approximate surface area is 70.7 Å². The maximum absolute atomic E-state index is 9.38. The van der Waals surface area contributed by atoms with Crippen molar-refractivity contribution in [1.29, 1.82) is 0 Å². The predicted octanol–water partition coefficient (Wildman–Crippen LogP) is 1.67. The van der Waals surface area contributed by atoms with Crippen molar-refractivity contribution >= 4 is 10.9 Å². The molecule has 2 aromatic rings. The van der Waals surface area contributed by atoms with E-state index in [9.17, 15) is 5.21 Å². The zero-order chi connectivity index (χ0) is 8.55. The number of rotatable bonds is 0. The van der Waals surface area contributed by atoms with Crippen molar-refractivity contribution in [3.8, 4) is 0 Å². The van der Waals surface area contributed by atoms with Gasteiger partial charge in [-0.25, -0.2) is 0 Å². The average Bonchev–Trinajstić information content (AvgIpc) is 2.04. The normalized spacial score (nSPS) is 10.4. The highest BCUT2D eigenvalue weighted by Crippen LogP contribution is 2.10. The van der Waals surface area contributed by atoms with E-state index in [4.69, 9.17) is 0 Å². The van der Waals surface area contributed by atoms with Gasteiger partial charge in [-0.3, -0.25) is 5.21 Å². The fraction of sp³-hybridized carbons (Fsp3) is 0.100. The Morgan fingerprint density at radius 3 is 2.92 bits per heavy atom. The molecular formula is C10H10NO+. The first kappa shape index (κ1) is 7.10. The lowest BCUT2D eigenvalue weighted by Gasteiger charge is -1.94. The number of nitrogens with zero attached hydrogens (tertiary/aromatic N) is 1. The average molecular weight is 160 g/mol. The second-order valence-corrected chi connectivity index (χ2v) is 2.92. The van der Waals surface area contributed by atoms with Crippen molar-refractivity contribution in [1.82, 2.24) is 0 Å². The van der Waals surface area contributed by atoms with E-state index < -0.39 is 0 Å². The molecule has 0 aliphatic heterocycles. The van der Waals surface area contributed by atoms with Crippen molar-refractivity contribution in [2.24, 2.45) is 0 Å². The molecule has 2 rings (SSSR count). The highest BCUT2D eigenvalue weighted by Gasteiger charge is 2.04. The lowest BCUT2D eigenvalue weighted by molar-refractivity contribution is -0.884. The van der Waals surface area contributed by atoms with Crippen LogP contribution in [0.15, 0.2) is 36.5 Å². The molecule has 0 spiro atoms. The van der Waals surface area contributed by atoms with Crippen LogP contribution < -0.4 is 4.73 Å². The van der Waals surface area contributed by atoms with Crippen LogP contribution in [0.3, 0.4) is 0 Å². The molecule has 0 bridgehead atoms. The number of hydrogen-bond acceptors (Lipinski definition) is 1. The number of pyridine rings is 1. The predicted molar refractivity (Wildman–Crippen MR) is 46.1 cm³/mol. The lowest BCUT2D eigenvalue weighted by Crippen LogP contribution is -2.29. The second-order valence-electron chi connectivity index (χ2n) is 2.92. The molecule has 0 aliphatic rings. The molecule has 1 aromatic heterocycles. The molecular weight excluding hydrogens is 150 g/mol. The van der Waals surface area contributed by atoms with Gasteiger partial charge in [-0.05, 0) is 19.1 Å². The summed E-state index contributed by atoms with van der Waals surface area (Å²) in [4.78, 5) is 0. The number of benzene rings is 1. The van der Waals surface area contributed by atoms with E-state index in [1.165, 1.54) is 5.56 Å². The minimum atomic E-state index is 0.836. The maximum atomic E-state index is 9.38. The zero-order valence-corrected chi connectivity index (χ0v) is 6.86. The number of aromatic nitrogens is 1. The molecule has 0 saturated carbocycles.